The van der Waals surface area contributed by atoms with Gasteiger partial charge in [0.25, 0.3) is 0 Å². The number of ether oxygens (including phenoxy) is 2. The van der Waals surface area contributed by atoms with Crippen molar-refractivity contribution in [3.8, 4) is 0 Å². The SMILES string of the molecule is CC(=O)OC(=O)C1OCc2cc(Cl)ccc2C1=O. The number of ketones is 1. The molecule has 0 N–H and O–H groups in total. The van der Waals surface area contributed by atoms with Crippen LogP contribution in [0.5, 0.6) is 0 Å². The molecule has 0 bridgehead atoms. The number of fused-ring (bicyclic) bond motifs is 1. The first-order chi connectivity index (χ1) is 8.49. The highest BCUT2D eigenvalue weighted by molar-refractivity contribution is 6.30. The molecule has 5 nitrogen and oxygen atoms in total. The lowest BCUT2D eigenvalue weighted by atomic mass is 9.98. The summed E-state index contributed by atoms with van der Waals surface area (Å²) in [5.74, 6) is -2.30. The molecule has 6 heteroatoms. The zero-order valence-corrected chi connectivity index (χ0v) is 10.2. The second-order valence-electron chi connectivity index (χ2n) is 3.77. The minimum Gasteiger partial charge on any atom is -0.391 e. The quantitative estimate of drug-likeness (QED) is 0.570. The van der Waals surface area contributed by atoms with Gasteiger partial charge in [-0.1, -0.05) is 11.6 Å². The fourth-order valence-corrected chi connectivity index (χ4v) is 1.88. The Morgan fingerprint density at radius 2 is 2.17 bits per heavy atom. The van der Waals surface area contributed by atoms with Crippen molar-refractivity contribution >= 4 is 29.3 Å². The van der Waals surface area contributed by atoms with Crippen molar-refractivity contribution in [3.63, 3.8) is 0 Å². The molecule has 1 heterocycles. The maximum atomic E-state index is 12.0. The number of rotatable bonds is 1. The topological polar surface area (TPSA) is 69.7 Å². The fraction of sp³-hybridized carbons (Fsp3) is 0.250. The molecule has 0 saturated heterocycles. The van der Waals surface area contributed by atoms with Gasteiger partial charge in [-0.05, 0) is 23.8 Å². The maximum Gasteiger partial charge on any atom is 0.351 e. The van der Waals surface area contributed by atoms with Gasteiger partial charge < -0.3 is 9.47 Å². The van der Waals surface area contributed by atoms with Gasteiger partial charge in [0.15, 0.2) is 0 Å². The Morgan fingerprint density at radius 3 is 2.83 bits per heavy atom. The Balaban J connectivity index is 2.25. The van der Waals surface area contributed by atoms with E-state index in [1.54, 1.807) is 12.1 Å². The van der Waals surface area contributed by atoms with Crippen LogP contribution in [0.2, 0.25) is 5.02 Å². The van der Waals surface area contributed by atoms with Crippen LogP contribution in [0.4, 0.5) is 0 Å². The molecule has 2 rings (SSSR count). The van der Waals surface area contributed by atoms with Gasteiger partial charge in [0, 0.05) is 17.5 Å². The van der Waals surface area contributed by atoms with Crippen LogP contribution in [0.3, 0.4) is 0 Å². The third-order valence-corrected chi connectivity index (χ3v) is 2.67. The van der Waals surface area contributed by atoms with E-state index in [2.05, 4.69) is 4.74 Å². The summed E-state index contributed by atoms with van der Waals surface area (Å²) < 4.78 is 9.45. The van der Waals surface area contributed by atoms with E-state index in [4.69, 9.17) is 16.3 Å². The van der Waals surface area contributed by atoms with Crippen LogP contribution in [0.15, 0.2) is 18.2 Å². The Hall–Kier alpha value is -1.72. The molecule has 0 amide bonds. The molecule has 0 aromatic heterocycles. The zero-order valence-electron chi connectivity index (χ0n) is 9.44. The van der Waals surface area contributed by atoms with Crippen LogP contribution >= 0.6 is 11.6 Å². The molecule has 1 aromatic carbocycles. The largest absolute Gasteiger partial charge is 0.391 e. The molecule has 1 aliphatic rings. The first-order valence-electron chi connectivity index (χ1n) is 5.15. The molecule has 1 unspecified atom stereocenters. The number of carbonyl (C=O) groups excluding carboxylic acids is 3. The Bertz CT molecular complexity index is 537. The van der Waals surface area contributed by atoms with Crippen LogP contribution in [-0.2, 0) is 25.7 Å². The Labute approximate surface area is 108 Å². The van der Waals surface area contributed by atoms with Crippen molar-refractivity contribution in [2.75, 3.05) is 0 Å². The third kappa shape index (κ3) is 2.42. The summed E-state index contributed by atoms with van der Waals surface area (Å²) in [5, 5.41) is 0.481. The lowest BCUT2D eigenvalue weighted by molar-refractivity contribution is -0.165. The van der Waals surface area contributed by atoms with Gasteiger partial charge >= 0.3 is 11.9 Å². The average Bonchev–Trinajstić information content (AvgIpc) is 2.27. The van der Waals surface area contributed by atoms with Crippen LogP contribution in [0.1, 0.15) is 22.8 Å². The number of carbonyl (C=O) groups is 3. The van der Waals surface area contributed by atoms with Crippen LogP contribution in [0.25, 0.3) is 0 Å². The summed E-state index contributed by atoms with van der Waals surface area (Å²) in [5.41, 5.74) is 0.968. The van der Waals surface area contributed by atoms with E-state index in [0.717, 1.165) is 6.92 Å². The molecule has 94 valence electrons. The van der Waals surface area contributed by atoms with E-state index in [1.807, 2.05) is 0 Å². The highest BCUT2D eigenvalue weighted by Gasteiger charge is 2.35. The maximum absolute atomic E-state index is 12.0. The molecule has 0 fully saturated rings. The molecule has 18 heavy (non-hydrogen) atoms. The summed E-state index contributed by atoms with van der Waals surface area (Å²) in [6, 6.07) is 4.68. The van der Waals surface area contributed by atoms with Crippen molar-refractivity contribution in [2.45, 2.75) is 19.6 Å². The van der Waals surface area contributed by atoms with E-state index in [9.17, 15) is 14.4 Å². The summed E-state index contributed by atoms with van der Waals surface area (Å²) in [4.78, 5) is 34.1. The van der Waals surface area contributed by atoms with Gasteiger partial charge in [0.1, 0.15) is 0 Å². The van der Waals surface area contributed by atoms with Gasteiger partial charge in [0.2, 0.25) is 11.9 Å². The second kappa shape index (κ2) is 4.88. The predicted octanol–water partition coefficient (Wildman–Crippen LogP) is 1.51. The van der Waals surface area contributed by atoms with Gasteiger partial charge in [-0.3, -0.25) is 9.59 Å². The van der Waals surface area contributed by atoms with Crippen molar-refractivity contribution in [1.29, 1.82) is 0 Å². The molecule has 1 aromatic rings. The number of hydrogen-bond donors (Lipinski definition) is 0. The zero-order chi connectivity index (χ0) is 13.3. The third-order valence-electron chi connectivity index (χ3n) is 2.43. The fourth-order valence-electron chi connectivity index (χ4n) is 1.68. The monoisotopic (exact) mass is 268 g/mol. The summed E-state index contributed by atoms with van der Waals surface area (Å²) >= 11 is 5.79. The number of Topliss-reactive ketones (excluding diaryl/α,β-unsaturated/α-hetero) is 1. The molecule has 0 saturated carbocycles. The first-order valence-corrected chi connectivity index (χ1v) is 5.53. The molecule has 1 aliphatic heterocycles. The lowest BCUT2D eigenvalue weighted by Crippen LogP contribution is -2.38. The van der Waals surface area contributed by atoms with E-state index in [-0.39, 0.29) is 6.61 Å². The van der Waals surface area contributed by atoms with E-state index in [0.29, 0.717) is 16.1 Å². The van der Waals surface area contributed by atoms with Crippen LogP contribution < -0.4 is 0 Å². The highest BCUT2D eigenvalue weighted by Crippen LogP contribution is 2.24. The van der Waals surface area contributed by atoms with E-state index in [1.165, 1.54) is 6.07 Å². The van der Waals surface area contributed by atoms with E-state index < -0.39 is 23.8 Å². The molecule has 0 radical (unpaired) electrons. The summed E-state index contributed by atoms with van der Waals surface area (Å²) in [7, 11) is 0. The number of halogens is 1. The summed E-state index contributed by atoms with van der Waals surface area (Å²) in [6.45, 7) is 1.15. The number of esters is 2. The van der Waals surface area contributed by atoms with Crippen LogP contribution in [-0.4, -0.2) is 23.8 Å². The van der Waals surface area contributed by atoms with Gasteiger partial charge in [-0.2, -0.15) is 0 Å². The van der Waals surface area contributed by atoms with Crippen molar-refractivity contribution in [3.05, 3.63) is 34.3 Å². The van der Waals surface area contributed by atoms with Crippen molar-refractivity contribution in [1.82, 2.24) is 0 Å². The van der Waals surface area contributed by atoms with E-state index >= 15 is 0 Å². The smallest absolute Gasteiger partial charge is 0.351 e. The number of hydrogen-bond acceptors (Lipinski definition) is 5. The predicted molar refractivity (Wildman–Crippen MR) is 61.1 cm³/mol. The molecular formula is C12H9ClO5. The van der Waals surface area contributed by atoms with Gasteiger partial charge in [0.05, 0.1) is 6.61 Å². The highest BCUT2D eigenvalue weighted by atomic mass is 35.5. The normalized spacial score (nSPS) is 18.1. The molecule has 0 spiro atoms. The van der Waals surface area contributed by atoms with Crippen molar-refractivity contribution < 1.29 is 23.9 Å². The summed E-state index contributed by atoms with van der Waals surface area (Å²) in [6.07, 6.45) is -1.39. The van der Waals surface area contributed by atoms with Gasteiger partial charge in [-0.15, -0.1) is 0 Å². The molecule has 1 atom stereocenters. The second-order valence-corrected chi connectivity index (χ2v) is 4.21. The van der Waals surface area contributed by atoms with Crippen molar-refractivity contribution in [2.24, 2.45) is 0 Å². The average molecular weight is 269 g/mol. The van der Waals surface area contributed by atoms with Gasteiger partial charge in [-0.25, -0.2) is 4.79 Å². The minimum absolute atomic E-state index is 0.0688. The van der Waals surface area contributed by atoms with Crippen LogP contribution in [0, 0.1) is 0 Å². The Kier molecular flexibility index (Phi) is 3.45. The lowest BCUT2D eigenvalue weighted by Gasteiger charge is -2.22. The standard InChI is InChI=1S/C12H9ClO5/c1-6(14)18-12(16)11-10(15)9-3-2-8(13)4-7(9)5-17-11/h2-4,11H,5H2,1H3. The first kappa shape index (κ1) is 12.7. The minimum atomic E-state index is -1.39. The molecule has 0 aliphatic carbocycles. The number of benzene rings is 1. The Morgan fingerprint density at radius 1 is 1.44 bits per heavy atom. The molecular weight excluding hydrogens is 260 g/mol.